The van der Waals surface area contributed by atoms with Crippen molar-refractivity contribution in [2.45, 2.75) is 4.90 Å². The molecule has 0 bridgehead atoms. The van der Waals surface area contributed by atoms with E-state index < -0.39 is 10.0 Å². The van der Waals surface area contributed by atoms with Crippen LogP contribution in [0.15, 0.2) is 35.4 Å². The fourth-order valence-electron chi connectivity index (χ4n) is 1.61. The zero-order valence-electron chi connectivity index (χ0n) is 10.0. The van der Waals surface area contributed by atoms with Gasteiger partial charge in [0.1, 0.15) is 16.8 Å². The number of sulfonamides is 1. The lowest BCUT2D eigenvalue weighted by atomic mass is 10.2. The number of H-pyrrole nitrogens is 1. The molecule has 3 N–H and O–H groups in total. The van der Waals surface area contributed by atoms with Crippen LogP contribution in [-0.4, -0.2) is 25.7 Å². The molecule has 1 aromatic heterocycles. The van der Waals surface area contributed by atoms with Gasteiger partial charge >= 0.3 is 0 Å². The van der Waals surface area contributed by atoms with E-state index in [0.717, 1.165) is 10.5 Å². The summed E-state index contributed by atoms with van der Waals surface area (Å²) in [7, 11) is -2.49. The molecule has 0 radical (unpaired) electrons. The van der Waals surface area contributed by atoms with Crippen molar-refractivity contribution in [3.63, 3.8) is 0 Å². The summed E-state index contributed by atoms with van der Waals surface area (Å²) in [5.74, 6) is -0.0405. The highest BCUT2D eigenvalue weighted by atomic mass is 32.2. The molecule has 0 spiro atoms. The Hall–Kier alpha value is -2.53. The van der Waals surface area contributed by atoms with Crippen LogP contribution >= 0.6 is 0 Å². The van der Waals surface area contributed by atoms with E-state index in [-0.39, 0.29) is 22.0 Å². The molecule has 19 heavy (non-hydrogen) atoms. The number of hydrogen-bond acceptors (Lipinski definition) is 5. The predicted molar refractivity (Wildman–Crippen MR) is 69.7 cm³/mol. The summed E-state index contributed by atoms with van der Waals surface area (Å²) in [5, 5.41) is 15.0. The quantitative estimate of drug-likeness (QED) is 0.856. The topological polar surface area (TPSA) is 116 Å². The third-order valence-corrected chi connectivity index (χ3v) is 4.43. The maximum absolute atomic E-state index is 12.4. The third kappa shape index (κ3) is 2.11. The third-order valence-electron chi connectivity index (χ3n) is 2.63. The molecule has 0 atom stereocenters. The van der Waals surface area contributed by atoms with Gasteiger partial charge < -0.3 is 5.73 Å². The van der Waals surface area contributed by atoms with Gasteiger partial charge in [-0.05, 0) is 12.1 Å². The number of aromatic amines is 1. The molecule has 7 nitrogen and oxygen atoms in total. The molecular formula is C11H11N5O2S. The average molecular weight is 277 g/mol. The fourth-order valence-corrected chi connectivity index (χ4v) is 2.83. The van der Waals surface area contributed by atoms with Crippen molar-refractivity contribution in [1.82, 2.24) is 10.2 Å². The molecule has 1 heterocycles. The lowest BCUT2D eigenvalue weighted by Gasteiger charge is -2.19. The van der Waals surface area contributed by atoms with E-state index in [1.165, 1.54) is 7.05 Å². The molecule has 0 aliphatic rings. The monoisotopic (exact) mass is 277 g/mol. The molecule has 0 amide bonds. The van der Waals surface area contributed by atoms with E-state index in [9.17, 15) is 8.42 Å². The molecule has 1 aromatic carbocycles. The maximum Gasteiger partial charge on any atom is 0.269 e. The van der Waals surface area contributed by atoms with Crippen LogP contribution in [0.25, 0.3) is 0 Å². The number of nitrogens with zero attached hydrogens (tertiary/aromatic N) is 3. The number of nitrogen functional groups attached to an aromatic ring is 1. The van der Waals surface area contributed by atoms with Crippen molar-refractivity contribution < 1.29 is 8.42 Å². The first-order valence-electron chi connectivity index (χ1n) is 5.25. The Morgan fingerprint density at radius 2 is 2.11 bits per heavy atom. The summed E-state index contributed by atoms with van der Waals surface area (Å²) in [6.07, 6.45) is 1.14. The van der Waals surface area contributed by atoms with E-state index >= 15 is 0 Å². The van der Waals surface area contributed by atoms with Crippen molar-refractivity contribution in [2.75, 3.05) is 17.1 Å². The molecule has 0 saturated heterocycles. The predicted octanol–water partition coefficient (Wildman–Crippen LogP) is 0.689. The summed E-state index contributed by atoms with van der Waals surface area (Å²) in [5.41, 5.74) is 6.07. The number of nitrogens with two attached hydrogens (primary N) is 1. The minimum atomic E-state index is -3.85. The van der Waals surface area contributed by atoms with Crippen LogP contribution in [0.3, 0.4) is 0 Å². The molecule has 0 aliphatic heterocycles. The lowest BCUT2D eigenvalue weighted by Crippen LogP contribution is -2.27. The Kier molecular flexibility index (Phi) is 3.14. The second-order valence-corrected chi connectivity index (χ2v) is 5.69. The normalized spacial score (nSPS) is 10.9. The number of anilines is 2. The number of rotatable bonds is 3. The minimum Gasteiger partial charge on any atom is -0.383 e. The molecule has 0 saturated carbocycles. The van der Waals surface area contributed by atoms with Crippen molar-refractivity contribution in [1.29, 1.82) is 5.26 Å². The Labute approximate surface area is 110 Å². The summed E-state index contributed by atoms with van der Waals surface area (Å²) in [6.45, 7) is 0. The Bertz CT molecular complexity index is 744. The van der Waals surface area contributed by atoms with E-state index in [1.807, 2.05) is 6.07 Å². The molecule has 0 unspecified atom stereocenters. The van der Waals surface area contributed by atoms with Gasteiger partial charge in [-0.15, -0.1) is 0 Å². The summed E-state index contributed by atoms with van der Waals surface area (Å²) < 4.78 is 25.7. The summed E-state index contributed by atoms with van der Waals surface area (Å²) >= 11 is 0. The number of aromatic nitrogens is 2. The second-order valence-electron chi connectivity index (χ2n) is 3.75. The molecule has 0 aliphatic carbocycles. The number of hydrogen-bond donors (Lipinski definition) is 2. The van der Waals surface area contributed by atoms with Gasteiger partial charge in [-0.3, -0.25) is 9.40 Å². The van der Waals surface area contributed by atoms with Gasteiger partial charge in [0, 0.05) is 7.05 Å². The molecule has 2 rings (SSSR count). The van der Waals surface area contributed by atoms with E-state index in [1.54, 1.807) is 24.3 Å². The highest BCUT2D eigenvalue weighted by Gasteiger charge is 2.26. The van der Waals surface area contributed by atoms with Crippen LogP contribution in [0.2, 0.25) is 0 Å². The van der Waals surface area contributed by atoms with Crippen molar-refractivity contribution in [3.8, 4) is 6.07 Å². The Morgan fingerprint density at radius 3 is 2.68 bits per heavy atom. The van der Waals surface area contributed by atoms with Gasteiger partial charge in [-0.1, -0.05) is 12.1 Å². The van der Waals surface area contributed by atoms with Gasteiger partial charge in [-0.25, -0.2) is 8.42 Å². The van der Waals surface area contributed by atoms with Crippen LogP contribution < -0.4 is 10.0 Å². The van der Waals surface area contributed by atoms with Crippen molar-refractivity contribution >= 4 is 21.5 Å². The SMILES string of the molecule is CN(c1ccccc1C#N)S(=O)(=O)c1cn[nH]c1N. The molecule has 0 fully saturated rings. The summed E-state index contributed by atoms with van der Waals surface area (Å²) in [6, 6.07) is 8.35. The molecule has 98 valence electrons. The van der Waals surface area contributed by atoms with Crippen molar-refractivity contribution in [3.05, 3.63) is 36.0 Å². The Morgan fingerprint density at radius 1 is 1.42 bits per heavy atom. The Balaban J connectivity index is 2.54. The number of para-hydroxylation sites is 1. The first-order chi connectivity index (χ1) is 8.98. The van der Waals surface area contributed by atoms with Gasteiger partial charge in [0.25, 0.3) is 10.0 Å². The fraction of sp³-hybridized carbons (Fsp3) is 0.0909. The second kappa shape index (κ2) is 4.62. The van der Waals surface area contributed by atoms with Gasteiger partial charge in [0.15, 0.2) is 0 Å². The first kappa shape index (κ1) is 12.9. The van der Waals surface area contributed by atoms with Crippen LogP contribution in [0.4, 0.5) is 11.5 Å². The van der Waals surface area contributed by atoms with Crippen LogP contribution in [0.1, 0.15) is 5.56 Å². The van der Waals surface area contributed by atoms with Gasteiger partial charge in [0.05, 0.1) is 17.4 Å². The largest absolute Gasteiger partial charge is 0.383 e. The van der Waals surface area contributed by atoms with Crippen LogP contribution in [0.5, 0.6) is 0 Å². The maximum atomic E-state index is 12.4. The number of benzene rings is 1. The molecular weight excluding hydrogens is 266 g/mol. The van der Waals surface area contributed by atoms with Crippen LogP contribution in [0, 0.1) is 11.3 Å². The number of nitrogens with one attached hydrogen (secondary N) is 1. The minimum absolute atomic E-state index is 0.0405. The zero-order valence-corrected chi connectivity index (χ0v) is 10.8. The lowest BCUT2D eigenvalue weighted by molar-refractivity contribution is 0.595. The van der Waals surface area contributed by atoms with Crippen molar-refractivity contribution in [2.24, 2.45) is 0 Å². The van der Waals surface area contributed by atoms with E-state index in [4.69, 9.17) is 11.0 Å². The van der Waals surface area contributed by atoms with Gasteiger partial charge in [0.2, 0.25) is 0 Å². The standard InChI is InChI=1S/C11H11N5O2S/c1-16(9-5-3-2-4-8(9)6-12)19(17,18)10-7-14-15-11(10)13/h2-5,7H,1H3,(H3,13,14,15). The smallest absolute Gasteiger partial charge is 0.269 e. The van der Waals surface area contributed by atoms with Gasteiger partial charge in [-0.2, -0.15) is 10.4 Å². The van der Waals surface area contributed by atoms with E-state index in [0.29, 0.717) is 0 Å². The zero-order chi connectivity index (χ0) is 14.0. The highest BCUT2D eigenvalue weighted by Crippen LogP contribution is 2.26. The molecule has 8 heteroatoms. The highest BCUT2D eigenvalue weighted by molar-refractivity contribution is 7.93. The average Bonchev–Trinajstić information content (AvgIpc) is 2.84. The van der Waals surface area contributed by atoms with E-state index in [2.05, 4.69) is 10.2 Å². The first-order valence-corrected chi connectivity index (χ1v) is 6.69. The van der Waals surface area contributed by atoms with Crippen LogP contribution in [-0.2, 0) is 10.0 Å². The summed E-state index contributed by atoms with van der Waals surface area (Å²) in [4.78, 5) is -0.122. The number of nitriles is 1. The molecule has 2 aromatic rings.